The van der Waals surface area contributed by atoms with Crippen LogP contribution in [0.3, 0.4) is 0 Å². The summed E-state index contributed by atoms with van der Waals surface area (Å²) in [7, 11) is 0. The van der Waals surface area contributed by atoms with E-state index in [0.717, 1.165) is 4.90 Å². The second-order valence-corrected chi connectivity index (χ2v) is 4.36. The van der Waals surface area contributed by atoms with Gasteiger partial charge in [0.05, 0.1) is 0 Å². The third-order valence-corrected chi connectivity index (χ3v) is 3.03. The highest BCUT2D eigenvalue weighted by atomic mass is 32.2. The number of nitrogens with zero attached hydrogens (tertiary/aromatic N) is 2. The molecule has 0 aliphatic carbocycles. The monoisotopic (exact) mass is 238 g/mol. The molecule has 0 fully saturated rings. The van der Waals surface area contributed by atoms with Crippen molar-refractivity contribution in [1.29, 1.82) is 0 Å². The minimum absolute atomic E-state index is 0.292. The van der Waals surface area contributed by atoms with Crippen molar-refractivity contribution in [2.45, 2.75) is 23.0 Å². The maximum atomic E-state index is 13.6. The molecule has 16 heavy (non-hydrogen) atoms. The Labute approximate surface area is 96.5 Å². The van der Waals surface area contributed by atoms with Gasteiger partial charge in [0, 0.05) is 16.5 Å². The minimum atomic E-state index is -0.355. The van der Waals surface area contributed by atoms with Crippen LogP contribution in [-0.2, 0) is 0 Å². The Morgan fingerprint density at radius 1 is 1.50 bits per heavy atom. The molecule has 1 unspecified atom stereocenters. The van der Waals surface area contributed by atoms with Crippen LogP contribution in [0.25, 0.3) is 0 Å². The molecule has 2 rings (SSSR count). The van der Waals surface area contributed by atoms with Crippen molar-refractivity contribution in [3.8, 4) is 0 Å². The molecule has 0 radical (unpaired) electrons. The molecule has 0 saturated heterocycles. The van der Waals surface area contributed by atoms with E-state index in [1.54, 1.807) is 13.0 Å². The third kappa shape index (κ3) is 2.23. The number of nitrogens with two attached hydrogens (primary N) is 1. The van der Waals surface area contributed by atoms with E-state index in [2.05, 4.69) is 15.2 Å². The van der Waals surface area contributed by atoms with Crippen molar-refractivity contribution in [3.63, 3.8) is 0 Å². The lowest BCUT2D eigenvalue weighted by Crippen LogP contribution is -2.09. The topological polar surface area (TPSA) is 67.6 Å². The maximum absolute atomic E-state index is 13.6. The second kappa shape index (κ2) is 4.63. The van der Waals surface area contributed by atoms with Crippen LogP contribution in [0.1, 0.15) is 18.5 Å². The summed E-state index contributed by atoms with van der Waals surface area (Å²) < 4.78 is 13.6. The van der Waals surface area contributed by atoms with Crippen LogP contribution >= 0.6 is 11.8 Å². The maximum Gasteiger partial charge on any atom is 0.188 e. The van der Waals surface area contributed by atoms with E-state index < -0.39 is 0 Å². The number of aromatic amines is 1. The van der Waals surface area contributed by atoms with Crippen molar-refractivity contribution in [1.82, 2.24) is 15.2 Å². The van der Waals surface area contributed by atoms with E-state index in [1.165, 1.54) is 24.2 Å². The smallest absolute Gasteiger partial charge is 0.188 e. The summed E-state index contributed by atoms with van der Waals surface area (Å²) in [5.74, 6) is -0.292. The molecule has 1 atom stereocenters. The van der Waals surface area contributed by atoms with Crippen molar-refractivity contribution in [2.24, 2.45) is 5.73 Å². The molecule has 0 aliphatic rings. The third-order valence-electron chi connectivity index (χ3n) is 2.07. The molecular formula is C10H11FN4S. The lowest BCUT2D eigenvalue weighted by molar-refractivity contribution is 0.585. The molecular weight excluding hydrogens is 227 g/mol. The SMILES string of the molecule is CC(N)c1c(F)cccc1Sc1ncn[nH]1. The molecule has 0 aliphatic heterocycles. The first-order valence-electron chi connectivity index (χ1n) is 4.75. The van der Waals surface area contributed by atoms with E-state index in [-0.39, 0.29) is 11.9 Å². The van der Waals surface area contributed by atoms with Gasteiger partial charge in [-0.3, -0.25) is 5.10 Å². The van der Waals surface area contributed by atoms with Crippen LogP contribution in [0.2, 0.25) is 0 Å². The molecule has 2 aromatic rings. The molecule has 1 aromatic heterocycles. The lowest BCUT2D eigenvalue weighted by Gasteiger charge is -2.11. The Morgan fingerprint density at radius 3 is 2.94 bits per heavy atom. The van der Waals surface area contributed by atoms with Crippen LogP contribution in [0.5, 0.6) is 0 Å². The van der Waals surface area contributed by atoms with Crippen molar-refractivity contribution < 1.29 is 4.39 Å². The van der Waals surface area contributed by atoms with E-state index in [1.807, 2.05) is 6.07 Å². The fourth-order valence-electron chi connectivity index (χ4n) is 1.40. The average Bonchev–Trinajstić information content (AvgIpc) is 2.70. The van der Waals surface area contributed by atoms with Crippen molar-refractivity contribution in [3.05, 3.63) is 35.9 Å². The van der Waals surface area contributed by atoms with Gasteiger partial charge in [-0.05, 0) is 30.8 Å². The van der Waals surface area contributed by atoms with Crippen LogP contribution in [0, 0.1) is 5.82 Å². The van der Waals surface area contributed by atoms with Gasteiger partial charge in [-0.2, -0.15) is 5.10 Å². The number of nitrogens with one attached hydrogen (secondary N) is 1. The summed E-state index contributed by atoms with van der Waals surface area (Å²) in [5.41, 5.74) is 6.25. The highest BCUT2D eigenvalue weighted by Gasteiger charge is 2.14. The predicted octanol–water partition coefficient (Wildman–Crippen LogP) is 2.11. The number of hydrogen-bond acceptors (Lipinski definition) is 4. The predicted molar refractivity (Wildman–Crippen MR) is 59.5 cm³/mol. The fraction of sp³-hybridized carbons (Fsp3) is 0.200. The number of halogens is 1. The molecule has 0 bridgehead atoms. The number of aromatic nitrogens is 3. The van der Waals surface area contributed by atoms with E-state index in [4.69, 9.17) is 5.73 Å². The standard InChI is InChI=1S/C10H11FN4S/c1-6(12)9-7(11)3-2-4-8(9)16-10-13-5-14-15-10/h2-6H,12H2,1H3,(H,13,14,15). The average molecular weight is 238 g/mol. The second-order valence-electron chi connectivity index (χ2n) is 3.33. The first kappa shape index (κ1) is 11.1. The van der Waals surface area contributed by atoms with Crippen LogP contribution in [0.4, 0.5) is 4.39 Å². The van der Waals surface area contributed by atoms with Gasteiger partial charge in [0.2, 0.25) is 0 Å². The summed E-state index contributed by atoms with van der Waals surface area (Å²) >= 11 is 1.31. The molecule has 0 saturated carbocycles. The van der Waals surface area contributed by atoms with Gasteiger partial charge in [0.25, 0.3) is 0 Å². The quantitative estimate of drug-likeness (QED) is 0.859. The Bertz CT molecular complexity index is 470. The molecule has 84 valence electrons. The van der Waals surface area contributed by atoms with Gasteiger partial charge >= 0.3 is 0 Å². The number of hydrogen-bond donors (Lipinski definition) is 2. The van der Waals surface area contributed by atoms with Gasteiger partial charge in [-0.1, -0.05) is 6.07 Å². The summed E-state index contributed by atoms with van der Waals surface area (Å²) in [4.78, 5) is 4.73. The normalized spacial score (nSPS) is 12.7. The summed E-state index contributed by atoms with van der Waals surface area (Å²) in [6.45, 7) is 1.75. The van der Waals surface area contributed by atoms with E-state index in [0.29, 0.717) is 10.7 Å². The van der Waals surface area contributed by atoms with E-state index >= 15 is 0 Å². The minimum Gasteiger partial charge on any atom is -0.324 e. The van der Waals surface area contributed by atoms with Crippen LogP contribution in [-0.4, -0.2) is 15.2 Å². The van der Waals surface area contributed by atoms with Gasteiger partial charge in [-0.15, -0.1) is 0 Å². The molecule has 3 N–H and O–H groups in total. The van der Waals surface area contributed by atoms with Crippen molar-refractivity contribution in [2.75, 3.05) is 0 Å². The molecule has 6 heteroatoms. The zero-order valence-corrected chi connectivity index (χ0v) is 9.46. The van der Waals surface area contributed by atoms with E-state index in [9.17, 15) is 4.39 Å². The van der Waals surface area contributed by atoms with Gasteiger partial charge in [0.15, 0.2) is 5.16 Å². The zero-order valence-electron chi connectivity index (χ0n) is 8.64. The number of rotatable bonds is 3. The lowest BCUT2D eigenvalue weighted by atomic mass is 10.1. The Balaban J connectivity index is 2.37. The summed E-state index contributed by atoms with van der Waals surface area (Å²) in [5, 5.41) is 7.06. The van der Waals surface area contributed by atoms with Gasteiger partial charge in [-0.25, -0.2) is 9.37 Å². The summed E-state index contributed by atoms with van der Waals surface area (Å²) in [6, 6.07) is 4.52. The van der Waals surface area contributed by atoms with Crippen LogP contribution in [0.15, 0.2) is 34.6 Å². The highest BCUT2D eigenvalue weighted by molar-refractivity contribution is 7.99. The zero-order chi connectivity index (χ0) is 11.5. The summed E-state index contributed by atoms with van der Waals surface area (Å²) in [6.07, 6.45) is 1.41. The molecule has 0 spiro atoms. The number of benzene rings is 1. The van der Waals surface area contributed by atoms with Gasteiger partial charge in [0.1, 0.15) is 12.1 Å². The van der Waals surface area contributed by atoms with Crippen molar-refractivity contribution >= 4 is 11.8 Å². The highest BCUT2D eigenvalue weighted by Crippen LogP contribution is 2.31. The molecule has 4 nitrogen and oxygen atoms in total. The Morgan fingerprint density at radius 2 is 2.31 bits per heavy atom. The Kier molecular flexibility index (Phi) is 3.21. The molecule has 1 heterocycles. The Hall–Kier alpha value is -1.40. The first-order chi connectivity index (χ1) is 7.68. The largest absolute Gasteiger partial charge is 0.324 e. The molecule has 1 aromatic carbocycles. The first-order valence-corrected chi connectivity index (χ1v) is 5.57. The molecule has 0 amide bonds. The number of H-pyrrole nitrogens is 1. The van der Waals surface area contributed by atoms with Gasteiger partial charge < -0.3 is 5.73 Å². The van der Waals surface area contributed by atoms with Crippen LogP contribution < -0.4 is 5.73 Å². The fourth-order valence-corrected chi connectivity index (χ4v) is 2.34.